The number of rotatable bonds is 69. The SMILES string of the molecule is CCCCCCC/C=C\C/C=C\C/C=C\CCCCCCCCCCCCCCCCCCC(=O)OC(COC(=O)CCCCCCCCCCCCCCCCCCCCCCCCCCCCCC)COC(OCC[N+](C)(C)C)C(=O)[O-]. The number of carboxylic acid groups (broad SMARTS) is 1. The lowest BCUT2D eigenvalue weighted by molar-refractivity contribution is -0.870. The molecule has 84 heavy (non-hydrogen) atoms. The molecular formula is C75H141NO8. The average Bonchev–Trinajstić information content (AvgIpc) is 3.51. The Morgan fingerprint density at radius 1 is 0.357 bits per heavy atom. The normalized spacial score (nSPS) is 12.8. The molecule has 0 aromatic rings. The van der Waals surface area contributed by atoms with Crippen LogP contribution >= 0.6 is 0 Å². The Hall–Kier alpha value is -2.49. The maximum atomic E-state index is 12.9. The topological polar surface area (TPSA) is 111 Å². The monoisotopic (exact) mass is 1180 g/mol. The summed E-state index contributed by atoms with van der Waals surface area (Å²) in [5, 5.41) is 11.8. The van der Waals surface area contributed by atoms with E-state index < -0.39 is 24.3 Å². The first kappa shape index (κ1) is 81.5. The molecule has 0 N–H and O–H groups in total. The Bertz CT molecular complexity index is 1470. The second kappa shape index (κ2) is 66.5. The third kappa shape index (κ3) is 67.0. The van der Waals surface area contributed by atoms with Gasteiger partial charge >= 0.3 is 11.9 Å². The molecule has 0 spiro atoms. The van der Waals surface area contributed by atoms with Crippen molar-refractivity contribution in [3.8, 4) is 0 Å². The van der Waals surface area contributed by atoms with Crippen molar-refractivity contribution in [3.05, 3.63) is 36.5 Å². The van der Waals surface area contributed by atoms with Gasteiger partial charge in [0.1, 0.15) is 13.2 Å². The van der Waals surface area contributed by atoms with Crippen molar-refractivity contribution in [2.24, 2.45) is 0 Å². The van der Waals surface area contributed by atoms with E-state index in [4.69, 9.17) is 18.9 Å². The molecule has 0 aliphatic rings. The third-order valence-electron chi connectivity index (χ3n) is 16.6. The van der Waals surface area contributed by atoms with E-state index in [-0.39, 0.29) is 32.2 Å². The van der Waals surface area contributed by atoms with Crippen molar-refractivity contribution in [1.82, 2.24) is 0 Å². The number of quaternary nitrogens is 1. The van der Waals surface area contributed by atoms with Crippen molar-refractivity contribution in [3.63, 3.8) is 0 Å². The van der Waals surface area contributed by atoms with Gasteiger partial charge in [-0.05, 0) is 51.4 Å². The number of hydrogen-bond acceptors (Lipinski definition) is 8. The van der Waals surface area contributed by atoms with Gasteiger partial charge in [0.05, 0.1) is 40.3 Å². The molecule has 0 radical (unpaired) electrons. The van der Waals surface area contributed by atoms with Gasteiger partial charge in [-0.3, -0.25) is 9.59 Å². The van der Waals surface area contributed by atoms with E-state index >= 15 is 0 Å². The van der Waals surface area contributed by atoms with Gasteiger partial charge in [-0.15, -0.1) is 0 Å². The molecule has 9 nitrogen and oxygen atoms in total. The standard InChI is InChI=1S/C75H141NO8/c1-6-8-10-12-14-16-18-20-22-24-26-28-30-32-34-36-37-38-40-42-44-46-48-50-52-54-56-58-60-62-64-66-73(78)84-71(70-83-75(74(79)80)81-68-67-76(3,4)5)69-82-72(77)65-63-61-59-57-55-53-51-49-47-45-43-41-39-35-33-31-29-27-25-23-21-19-17-15-13-11-9-7-2/h18,20,24,26,30,32,71,75H,6-17,19,21-23,25,27-29,31,33-70H2,1-5H3/b20-18-,26-24-,32-30-. The van der Waals surface area contributed by atoms with Gasteiger partial charge in [-0.25, -0.2) is 0 Å². The highest BCUT2D eigenvalue weighted by atomic mass is 16.7. The largest absolute Gasteiger partial charge is 0.545 e. The Balaban J connectivity index is 4.05. The van der Waals surface area contributed by atoms with Gasteiger partial charge in [-0.2, -0.15) is 0 Å². The summed E-state index contributed by atoms with van der Waals surface area (Å²) in [6.45, 7) is 4.81. The summed E-state index contributed by atoms with van der Waals surface area (Å²) in [6.07, 6.45) is 81.0. The number of nitrogens with zero attached hydrogens (tertiary/aromatic N) is 1. The van der Waals surface area contributed by atoms with Crippen LogP contribution in [0.4, 0.5) is 0 Å². The molecule has 0 saturated carbocycles. The van der Waals surface area contributed by atoms with Crippen molar-refractivity contribution < 1.29 is 42.9 Å². The highest BCUT2D eigenvalue weighted by molar-refractivity contribution is 5.70. The molecule has 0 aromatic heterocycles. The first-order chi connectivity index (χ1) is 41.1. The number of esters is 2. The molecule has 0 aliphatic carbocycles. The van der Waals surface area contributed by atoms with Crippen molar-refractivity contribution in [1.29, 1.82) is 0 Å². The summed E-state index contributed by atoms with van der Waals surface area (Å²) in [5.41, 5.74) is 0. The third-order valence-corrected chi connectivity index (χ3v) is 16.6. The van der Waals surface area contributed by atoms with Gasteiger partial charge in [0.2, 0.25) is 0 Å². The second-order valence-electron chi connectivity index (χ2n) is 26.2. The van der Waals surface area contributed by atoms with Crippen LogP contribution in [0.15, 0.2) is 36.5 Å². The van der Waals surface area contributed by atoms with Crippen molar-refractivity contribution in [2.75, 3.05) is 47.5 Å². The Morgan fingerprint density at radius 3 is 0.952 bits per heavy atom. The molecule has 0 amide bonds. The predicted octanol–water partition coefficient (Wildman–Crippen LogP) is 21.4. The molecule has 0 aliphatic heterocycles. The molecule has 9 heteroatoms. The van der Waals surface area contributed by atoms with E-state index in [1.54, 1.807) is 0 Å². The van der Waals surface area contributed by atoms with E-state index in [0.29, 0.717) is 23.9 Å². The van der Waals surface area contributed by atoms with Crippen LogP contribution in [0, 0.1) is 0 Å². The van der Waals surface area contributed by atoms with Crippen LogP contribution in [0.25, 0.3) is 0 Å². The van der Waals surface area contributed by atoms with Crippen LogP contribution in [0.5, 0.6) is 0 Å². The van der Waals surface area contributed by atoms with Crippen molar-refractivity contribution >= 4 is 17.9 Å². The van der Waals surface area contributed by atoms with Crippen LogP contribution in [0.3, 0.4) is 0 Å². The lowest BCUT2D eigenvalue weighted by Crippen LogP contribution is -2.44. The fourth-order valence-electron chi connectivity index (χ4n) is 11.0. The maximum absolute atomic E-state index is 12.9. The average molecular weight is 1180 g/mol. The number of carbonyl (C=O) groups is 3. The minimum Gasteiger partial charge on any atom is -0.545 e. The molecule has 0 rings (SSSR count). The van der Waals surface area contributed by atoms with Gasteiger partial charge < -0.3 is 33.3 Å². The van der Waals surface area contributed by atoms with E-state index in [1.165, 1.54) is 289 Å². The molecule has 0 saturated heterocycles. The first-order valence-electron chi connectivity index (χ1n) is 36.6. The highest BCUT2D eigenvalue weighted by Crippen LogP contribution is 2.19. The molecule has 2 unspecified atom stereocenters. The van der Waals surface area contributed by atoms with Crippen LogP contribution in [-0.2, 0) is 33.3 Å². The summed E-state index contributed by atoms with van der Waals surface area (Å²) >= 11 is 0. The number of carboxylic acids is 1. The summed E-state index contributed by atoms with van der Waals surface area (Å²) in [5.74, 6) is -2.25. The second-order valence-corrected chi connectivity index (χ2v) is 26.2. The van der Waals surface area contributed by atoms with Gasteiger partial charge in [0, 0.05) is 12.8 Å². The molecule has 0 aromatic carbocycles. The minimum absolute atomic E-state index is 0.150. The Kier molecular flexibility index (Phi) is 64.5. The number of likely N-dealkylation sites (N-methyl/N-ethyl adjacent to an activating group) is 1. The van der Waals surface area contributed by atoms with Crippen molar-refractivity contribution in [2.45, 2.75) is 379 Å². The minimum atomic E-state index is -1.62. The quantitative estimate of drug-likeness (QED) is 0.0195. The van der Waals surface area contributed by atoms with E-state index in [9.17, 15) is 19.5 Å². The fourth-order valence-corrected chi connectivity index (χ4v) is 11.0. The number of allylic oxidation sites excluding steroid dienone is 6. The van der Waals surface area contributed by atoms with Gasteiger partial charge in [0.15, 0.2) is 12.4 Å². The molecule has 0 heterocycles. The molecule has 0 fully saturated rings. The van der Waals surface area contributed by atoms with Crippen LogP contribution < -0.4 is 5.11 Å². The number of aliphatic carboxylic acids is 1. The number of unbranched alkanes of at least 4 members (excludes halogenated alkanes) is 48. The molecule has 0 bridgehead atoms. The zero-order chi connectivity index (χ0) is 61.2. The summed E-state index contributed by atoms with van der Waals surface area (Å²) in [4.78, 5) is 37.5. The smallest absolute Gasteiger partial charge is 0.306 e. The van der Waals surface area contributed by atoms with E-state index in [0.717, 1.165) is 44.9 Å². The van der Waals surface area contributed by atoms with Crippen LogP contribution in [0.2, 0.25) is 0 Å². The number of ether oxygens (including phenoxy) is 4. The lowest BCUT2D eigenvalue weighted by Gasteiger charge is -2.26. The number of carbonyl (C=O) groups excluding carboxylic acids is 3. The summed E-state index contributed by atoms with van der Waals surface area (Å²) in [7, 11) is 5.95. The van der Waals surface area contributed by atoms with E-state index in [2.05, 4.69) is 50.3 Å². The van der Waals surface area contributed by atoms with Gasteiger partial charge in [0.25, 0.3) is 0 Å². The molecular weight excluding hydrogens is 1040 g/mol. The Morgan fingerprint density at radius 2 is 0.643 bits per heavy atom. The van der Waals surface area contributed by atoms with Gasteiger partial charge in [-0.1, -0.05) is 339 Å². The predicted molar refractivity (Wildman–Crippen MR) is 357 cm³/mol. The fraction of sp³-hybridized carbons (Fsp3) is 0.880. The summed E-state index contributed by atoms with van der Waals surface area (Å²) < 4.78 is 22.8. The molecule has 494 valence electrons. The first-order valence-corrected chi connectivity index (χ1v) is 36.6. The zero-order valence-corrected chi connectivity index (χ0v) is 56.6. The summed E-state index contributed by atoms with van der Waals surface area (Å²) in [6, 6.07) is 0. The lowest BCUT2D eigenvalue weighted by atomic mass is 10.0. The van der Waals surface area contributed by atoms with Crippen LogP contribution in [0.1, 0.15) is 367 Å². The maximum Gasteiger partial charge on any atom is 0.306 e. The zero-order valence-electron chi connectivity index (χ0n) is 56.6. The Labute approximate surface area is 521 Å². The van der Waals surface area contributed by atoms with Crippen LogP contribution in [-0.4, -0.2) is 82.3 Å². The molecule has 2 atom stereocenters. The highest BCUT2D eigenvalue weighted by Gasteiger charge is 2.22. The van der Waals surface area contributed by atoms with E-state index in [1.807, 2.05) is 21.1 Å². The number of hydrogen-bond donors (Lipinski definition) is 0.